The number of methoxy groups -OCH3 is 1. The third-order valence-corrected chi connectivity index (χ3v) is 10.3. The molecule has 0 bridgehead atoms. The highest BCUT2D eigenvalue weighted by Gasteiger charge is 2.52. The van der Waals surface area contributed by atoms with Crippen LogP contribution in [0, 0.1) is 0 Å². The van der Waals surface area contributed by atoms with Crippen LogP contribution in [0.25, 0.3) is 6.08 Å². The van der Waals surface area contributed by atoms with Crippen molar-refractivity contribution in [3.63, 3.8) is 0 Å². The second kappa shape index (κ2) is 15.1. The van der Waals surface area contributed by atoms with Gasteiger partial charge < -0.3 is 4.74 Å². The number of ether oxygens (including phenoxy) is 1. The maximum Gasteiger partial charge on any atom is 0.294 e. The summed E-state index contributed by atoms with van der Waals surface area (Å²) in [6.07, 6.45) is 1.84. The zero-order valence-corrected chi connectivity index (χ0v) is 29.3. The standard InChI is InChI=1S/C45H38N2O3S/c1-32(34-17-7-3-8-18-34)46-42(35-26-28-40(50-2)29-27-35)36-19-15-16-33(30-36)31-41-43(48)47(44(49)51-41)45(37-20-9-4-10-21-37,38-22-11-5-12-23-38)39-24-13-6-14-25-39/h3-32,42,46H,1-2H3/b41-31+/t32-,42?/m1/s1. The Kier molecular flexibility index (Phi) is 9.97. The summed E-state index contributed by atoms with van der Waals surface area (Å²) < 4.78 is 5.44. The van der Waals surface area contributed by atoms with Gasteiger partial charge in [-0.15, -0.1) is 0 Å². The Morgan fingerprint density at radius 3 is 1.67 bits per heavy atom. The fourth-order valence-corrected chi connectivity index (χ4v) is 7.80. The Labute approximate surface area is 303 Å². The van der Waals surface area contributed by atoms with Gasteiger partial charge in [-0.2, -0.15) is 0 Å². The molecule has 1 saturated heterocycles. The number of hydrogen-bond acceptors (Lipinski definition) is 5. The summed E-state index contributed by atoms with van der Waals surface area (Å²) in [5, 5.41) is 3.50. The fraction of sp³-hybridized carbons (Fsp3) is 0.111. The van der Waals surface area contributed by atoms with E-state index in [-0.39, 0.29) is 23.2 Å². The van der Waals surface area contributed by atoms with E-state index >= 15 is 0 Å². The van der Waals surface area contributed by atoms with Gasteiger partial charge in [0.25, 0.3) is 11.1 Å². The van der Waals surface area contributed by atoms with Crippen LogP contribution in [0.4, 0.5) is 4.79 Å². The van der Waals surface area contributed by atoms with E-state index in [0.717, 1.165) is 50.9 Å². The third-order valence-electron chi connectivity index (χ3n) is 9.41. The minimum absolute atomic E-state index is 0.0561. The molecule has 5 nitrogen and oxygen atoms in total. The molecule has 1 unspecified atom stereocenters. The van der Waals surface area contributed by atoms with Crippen LogP contribution in [0.1, 0.15) is 58.0 Å². The van der Waals surface area contributed by atoms with Crippen LogP contribution in [0.3, 0.4) is 0 Å². The third kappa shape index (κ3) is 6.76. The second-order valence-electron chi connectivity index (χ2n) is 12.5. The quantitative estimate of drug-likeness (QED) is 0.109. The predicted molar refractivity (Wildman–Crippen MR) is 206 cm³/mol. The van der Waals surface area contributed by atoms with Crippen LogP contribution in [0.2, 0.25) is 0 Å². The average Bonchev–Trinajstić information content (AvgIpc) is 3.47. The normalized spacial score (nSPS) is 15.2. The van der Waals surface area contributed by atoms with E-state index in [4.69, 9.17) is 4.74 Å². The highest BCUT2D eigenvalue weighted by atomic mass is 32.2. The Balaban J connectivity index is 1.29. The van der Waals surface area contributed by atoms with Gasteiger partial charge in [-0.3, -0.25) is 14.9 Å². The van der Waals surface area contributed by atoms with Gasteiger partial charge in [0.1, 0.15) is 11.3 Å². The fourth-order valence-electron chi connectivity index (χ4n) is 6.93. The van der Waals surface area contributed by atoms with Crippen LogP contribution in [0.15, 0.2) is 175 Å². The molecular formula is C45H38N2O3S. The summed E-state index contributed by atoms with van der Waals surface area (Å²) >= 11 is 0.979. The van der Waals surface area contributed by atoms with Gasteiger partial charge in [0.2, 0.25) is 0 Å². The lowest BCUT2D eigenvalue weighted by atomic mass is 9.75. The lowest BCUT2D eigenvalue weighted by Gasteiger charge is -2.41. The molecule has 6 aromatic rings. The second-order valence-corrected chi connectivity index (χ2v) is 13.5. The van der Waals surface area contributed by atoms with Gasteiger partial charge in [-0.1, -0.05) is 152 Å². The van der Waals surface area contributed by atoms with E-state index in [0.29, 0.717) is 4.91 Å². The summed E-state index contributed by atoms with van der Waals surface area (Å²) in [4.78, 5) is 30.7. The van der Waals surface area contributed by atoms with Crippen LogP contribution in [0.5, 0.6) is 5.75 Å². The predicted octanol–water partition coefficient (Wildman–Crippen LogP) is 10.2. The van der Waals surface area contributed by atoms with Crippen molar-refractivity contribution in [1.82, 2.24) is 10.2 Å². The van der Waals surface area contributed by atoms with E-state index in [9.17, 15) is 9.59 Å². The smallest absolute Gasteiger partial charge is 0.294 e. The molecule has 1 aliphatic rings. The Morgan fingerprint density at radius 2 is 1.14 bits per heavy atom. The number of amides is 2. The van der Waals surface area contributed by atoms with Crippen molar-refractivity contribution < 1.29 is 14.3 Å². The van der Waals surface area contributed by atoms with Crippen LogP contribution in [-0.4, -0.2) is 23.2 Å². The lowest BCUT2D eigenvalue weighted by Crippen LogP contribution is -2.50. The molecule has 0 aromatic heterocycles. The highest BCUT2D eigenvalue weighted by molar-refractivity contribution is 8.18. The minimum atomic E-state index is -1.18. The molecule has 1 heterocycles. The summed E-state index contributed by atoms with van der Waals surface area (Å²) in [7, 11) is 1.66. The van der Waals surface area contributed by atoms with Crippen molar-refractivity contribution in [3.05, 3.63) is 214 Å². The molecule has 6 heteroatoms. The minimum Gasteiger partial charge on any atom is -0.497 e. The molecule has 2 amide bonds. The van der Waals surface area contributed by atoms with E-state index in [1.165, 1.54) is 10.5 Å². The first-order chi connectivity index (χ1) is 25.0. The summed E-state index contributed by atoms with van der Waals surface area (Å²) in [5.74, 6) is 0.449. The highest BCUT2D eigenvalue weighted by Crippen LogP contribution is 2.48. The molecule has 51 heavy (non-hydrogen) atoms. The molecule has 252 valence electrons. The largest absolute Gasteiger partial charge is 0.497 e. The van der Waals surface area contributed by atoms with Gasteiger partial charge in [0.05, 0.1) is 18.1 Å². The first kappa shape index (κ1) is 33.8. The average molecular weight is 687 g/mol. The van der Waals surface area contributed by atoms with Gasteiger partial charge in [0, 0.05) is 6.04 Å². The number of imide groups is 1. The molecule has 1 aliphatic heterocycles. The van der Waals surface area contributed by atoms with Gasteiger partial charge >= 0.3 is 0 Å². The van der Waals surface area contributed by atoms with E-state index in [1.54, 1.807) is 7.11 Å². The van der Waals surface area contributed by atoms with Crippen molar-refractivity contribution in [2.75, 3.05) is 7.11 Å². The zero-order chi connectivity index (χ0) is 35.2. The first-order valence-corrected chi connectivity index (χ1v) is 17.8. The van der Waals surface area contributed by atoms with E-state index in [1.807, 2.05) is 140 Å². The number of hydrogen-bond donors (Lipinski definition) is 1. The maximum atomic E-state index is 14.7. The molecule has 0 spiro atoms. The molecule has 0 radical (unpaired) electrons. The Bertz CT molecular complexity index is 2040. The number of nitrogens with zero attached hydrogens (tertiary/aromatic N) is 1. The van der Waals surface area contributed by atoms with Crippen molar-refractivity contribution in [2.45, 2.75) is 24.5 Å². The first-order valence-electron chi connectivity index (χ1n) is 17.0. The SMILES string of the molecule is COc1ccc(C(N[C@H](C)c2ccccc2)c2cccc(/C=C3/SC(=O)N(C(c4ccccc4)(c4ccccc4)c4ccccc4)C3=O)c2)cc1. The lowest BCUT2D eigenvalue weighted by molar-refractivity contribution is -0.125. The van der Waals surface area contributed by atoms with Crippen molar-refractivity contribution >= 4 is 29.0 Å². The van der Waals surface area contributed by atoms with Gasteiger partial charge in [0.15, 0.2) is 0 Å². The monoisotopic (exact) mass is 686 g/mol. The molecule has 7 rings (SSSR count). The molecule has 1 fully saturated rings. The maximum absolute atomic E-state index is 14.7. The number of rotatable bonds is 11. The Hall–Kier alpha value is -5.69. The van der Waals surface area contributed by atoms with Crippen LogP contribution in [-0.2, 0) is 10.3 Å². The van der Waals surface area contributed by atoms with Gasteiger partial charge in [-0.05, 0) is 81.9 Å². The summed E-state index contributed by atoms with van der Waals surface area (Å²) in [6.45, 7) is 2.16. The summed E-state index contributed by atoms with van der Waals surface area (Å²) in [6, 6.07) is 55.9. The number of nitrogens with one attached hydrogen (secondary N) is 1. The van der Waals surface area contributed by atoms with Crippen molar-refractivity contribution in [3.8, 4) is 5.75 Å². The molecule has 1 N–H and O–H groups in total. The van der Waals surface area contributed by atoms with E-state index in [2.05, 4.69) is 48.6 Å². The topological polar surface area (TPSA) is 58.6 Å². The van der Waals surface area contributed by atoms with Crippen LogP contribution < -0.4 is 10.1 Å². The number of thioether (sulfide) groups is 1. The van der Waals surface area contributed by atoms with Crippen LogP contribution >= 0.6 is 11.8 Å². The number of carbonyl (C=O) groups excluding carboxylic acids is 2. The Morgan fingerprint density at radius 1 is 0.627 bits per heavy atom. The summed E-state index contributed by atoms with van der Waals surface area (Å²) in [5.41, 5.74) is 5.42. The van der Waals surface area contributed by atoms with Gasteiger partial charge in [-0.25, -0.2) is 4.90 Å². The number of carbonyl (C=O) groups is 2. The van der Waals surface area contributed by atoms with E-state index < -0.39 is 5.54 Å². The molecule has 0 saturated carbocycles. The molecular weight excluding hydrogens is 649 g/mol. The number of benzene rings is 6. The molecule has 2 atom stereocenters. The van der Waals surface area contributed by atoms with Crippen molar-refractivity contribution in [2.24, 2.45) is 0 Å². The molecule has 0 aliphatic carbocycles. The molecule has 6 aromatic carbocycles. The van der Waals surface area contributed by atoms with Crippen molar-refractivity contribution in [1.29, 1.82) is 0 Å². The zero-order valence-electron chi connectivity index (χ0n) is 28.5.